The fourth-order valence-corrected chi connectivity index (χ4v) is 1.66. The van der Waals surface area contributed by atoms with Crippen molar-refractivity contribution < 1.29 is 10.0 Å². The minimum absolute atomic E-state index is 0.194. The van der Waals surface area contributed by atoms with E-state index in [0.29, 0.717) is 22.8 Å². The van der Waals surface area contributed by atoms with Gasteiger partial charge in [-0.1, -0.05) is 0 Å². The second kappa shape index (κ2) is 2.74. The van der Waals surface area contributed by atoms with Gasteiger partial charge >= 0.3 is 0 Å². The normalized spacial score (nSPS) is 15.8. The summed E-state index contributed by atoms with van der Waals surface area (Å²) in [5.74, 6) is -0.182. The van der Waals surface area contributed by atoms with Crippen molar-refractivity contribution in [2.45, 2.75) is 13.0 Å². The van der Waals surface area contributed by atoms with Crippen LogP contribution in [0.3, 0.4) is 0 Å². The molecule has 2 aromatic rings. The Morgan fingerprint density at radius 2 is 2.20 bits per heavy atom. The van der Waals surface area contributed by atoms with E-state index in [9.17, 15) is 10.0 Å². The van der Waals surface area contributed by atoms with Crippen molar-refractivity contribution in [3.05, 3.63) is 12.7 Å². The molecule has 1 amide bonds. The van der Waals surface area contributed by atoms with Crippen LogP contribution >= 0.6 is 0 Å². The van der Waals surface area contributed by atoms with Gasteiger partial charge in [-0.15, -0.1) is 0 Å². The molecule has 2 aromatic heterocycles. The first-order chi connectivity index (χ1) is 7.27. The van der Waals surface area contributed by atoms with Crippen molar-refractivity contribution in [3.63, 3.8) is 0 Å². The summed E-state index contributed by atoms with van der Waals surface area (Å²) in [4.78, 5) is 23.3. The van der Waals surface area contributed by atoms with Crippen LogP contribution in [0, 0.1) is 0 Å². The summed E-state index contributed by atoms with van der Waals surface area (Å²) in [6.07, 6.45) is 3.09. The van der Waals surface area contributed by atoms with Crippen LogP contribution in [0.2, 0.25) is 0 Å². The molecule has 3 rings (SSSR count). The molecule has 0 bridgehead atoms. The fraction of sp³-hybridized carbons (Fsp3) is 0.250. The third-order valence-electron chi connectivity index (χ3n) is 2.39. The Kier molecular flexibility index (Phi) is 1.51. The molecule has 0 unspecified atom stereocenters. The fourth-order valence-electron chi connectivity index (χ4n) is 1.66. The maximum Gasteiger partial charge on any atom is 0.254 e. The van der Waals surface area contributed by atoms with Gasteiger partial charge in [-0.05, 0) is 0 Å². The first kappa shape index (κ1) is 8.30. The number of aryl methyl sites for hydroxylation is 1. The third-order valence-corrected chi connectivity index (χ3v) is 2.39. The summed E-state index contributed by atoms with van der Waals surface area (Å²) in [5.41, 5.74) is 1.07. The van der Waals surface area contributed by atoms with Gasteiger partial charge in [0.25, 0.3) is 5.91 Å². The number of aromatic nitrogens is 4. The highest BCUT2D eigenvalue weighted by molar-refractivity contribution is 5.98. The van der Waals surface area contributed by atoms with Crippen LogP contribution in [-0.4, -0.2) is 30.6 Å². The van der Waals surface area contributed by atoms with E-state index in [4.69, 9.17) is 0 Å². The van der Waals surface area contributed by atoms with E-state index in [0.717, 1.165) is 0 Å². The van der Waals surface area contributed by atoms with E-state index in [-0.39, 0.29) is 18.1 Å². The summed E-state index contributed by atoms with van der Waals surface area (Å²) in [7, 11) is 0. The van der Waals surface area contributed by atoms with Gasteiger partial charge in [-0.25, -0.2) is 15.0 Å². The number of anilines is 1. The standard InChI is InChI=1S/C8H7N5O2/c14-5-1-2-12-4-11-7-6(12)8(13(5)15)10-3-9-7/h3-4,15H,1-2H2. The van der Waals surface area contributed by atoms with Crippen LogP contribution in [0.15, 0.2) is 12.7 Å². The molecule has 7 heteroatoms. The highest BCUT2D eigenvalue weighted by atomic mass is 16.5. The Balaban J connectivity index is 2.38. The zero-order valence-electron chi connectivity index (χ0n) is 7.66. The molecule has 15 heavy (non-hydrogen) atoms. The van der Waals surface area contributed by atoms with Crippen LogP contribution in [-0.2, 0) is 11.3 Å². The molecule has 76 valence electrons. The van der Waals surface area contributed by atoms with Crippen molar-refractivity contribution >= 4 is 22.9 Å². The Hall–Kier alpha value is -2.02. The van der Waals surface area contributed by atoms with E-state index < -0.39 is 0 Å². The Labute approximate surface area is 83.9 Å². The van der Waals surface area contributed by atoms with Crippen molar-refractivity contribution in [1.82, 2.24) is 19.5 Å². The lowest BCUT2D eigenvalue weighted by Gasteiger charge is -2.10. The van der Waals surface area contributed by atoms with Gasteiger partial charge in [0.05, 0.1) is 6.33 Å². The zero-order valence-corrected chi connectivity index (χ0v) is 7.66. The van der Waals surface area contributed by atoms with Gasteiger partial charge in [-0.3, -0.25) is 10.0 Å². The van der Waals surface area contributed by atoms with Crippen LogP contribution < -0.4 is 5.06 Å². The second-order valence-electron chi connectivity index (χ2n) is 3.26. The molecule has 0 aromatic carbocycles. The van der Waals surface area contributed by atoms with Gasteiger partial charge < -0.3 is 4.57 Å². The quantitative estimate of drug-likeness (QED) is 0.609. The van der Waals surface area contributed by atoms with Gasteiger partial charge in [0.15, 0.2) is 11.5 Å². The third kappa shape index (κ3) is 1.03. The predicted molar refractivity (Wildman–Crippen MR) is 49.2 cm³/mol. The maximum absolute atomic E-state index is 11.4. The molecule has 0 fully saturated rings. The number of hydroxylamine groups is 1. The van der Waals surface area contributed by atoms with Gasteiger partial charge in [0, 0.05) is 13.0 Å². The average molecular weight is 205 g/mol. The minimum atomic E-state index is -0.376. The maximum atomic E-state index is 11.4. The largest absolute Gasteiger partial charge is 0.326 e. The molecular weight excluding hydrogens is 198 g/mol. The molecule has 1 aliphatic rings. The zero-order chi connectivity index (χ0) is 10.4. The SMILES string of the molecule is O=C1CCn2cnc3ncnc(c32)N1O. The summed E-state index contributed by atoms with van der Waals surface area (Å²) < 4.78 is 1.76. The van der Waals surface area contributed by atoms with E-state index in [2.05, 4.69) is 15.0 Å². The van der Waals surface area contributed by atoms with E-state index in [1.165, 1.54) is 6.33 Å². The first-order valence-corrected chi connectivity index (χ1v) is 4.45. The van der Waals surface area contributed by atoms with Crippen LogP contribution in [0.25, 0.3) is 11.2 Å². The minimum Gasteiger partial charge on any atom is -0.326 e. The van der Waals surface area contributed by atoms with Crippen LogP contribution in [0.5, 0.6) is 0 Å². The first-order valence-electron chi connectivity index (χ1n) is 4.45. The Morgan fingerprint density at radius 3 is 3.07 bits per heavy atom. The lowest BCUT2D eigenvalue weighted by molar-refractivity contribution is -0.123. The molecule has 0 atom stereocenters. The number of hydrogen-bond donors (Lipinski definition) is 1. The summed E-state index contributed by atoms with van der Waals surface area (Å²) in [6, 6.07) is 0. The monoisotopic (exact) mass is 205 g/mol. The molecule has 7 nitrogen and oxygen atoms in total. The molecule has 0 spiro atoms. The van der Waals surface area contributed by atoms with Crippen LogP contribution in [0.1, 0.15) is 6.42 Å². The molecular formula is C8H7N5O2. The smallest absolute Gasteiger partial charge is 0.254 e. The molecule has 1 aliphatic heterocycles. The number of rotatable bonds is 0. The summed E-state index contributed by atoms with van der Waals surface area (Å²) in [5, 5.41) is 10.2. The highest BCUT2D eigenvalue weighted by Gasteiger charge is 2.24. The highest BCUT2D eigenvalue weighted by Crippen LogP contribution is 2.24. The van der Waals surface area contributed by atoms with Gasteiger partial charge in [-0.2, -0.15) is 5.06 Å². The predicted octanol–water partition coefficient (Wildman–Crippen LogP) is -0.0478. The summed E-state index contributed by atoms with van der Waals surface area (Å²) >= 11 is 0. The molecule has 0 saturated heterocycles. The second-order valence-corrected chi connectivity index (χ2v) is 3.26. The number of amides is 1. The van der Waals surface area contributed by atoms with Gasteiger partial charge in [0.2, 0.25) is 0 Å². The topological polar surface area (TPSA) is 84.1 Å². The number of carbonyl (C=O) groups excluding carboxylic acids is 1. The average Bonchev–Trinajstić information content (AvgIpc) is 2.62. The molecule has 0 saturated carbocycles. The Bertz CT molecular complexity index is 549. The van der Waals surface area contributed by atoms with E-state index >= 15 is 0 Å². The van der Waals surface area contributed by atoms with Crippen molar-refractivity contribution in [2.24, 2.45) is 0 Å². The van der Waals surface area contributed by atoms with Gasteiger partial charge in [0.1, 0.15) is 11.8 Å². The number of carbonyl (C=O) groups is 1. The van der Waals surface area contributed by atoms with Crippen molar-refractivity contribution in [3.8, 4) is 0 Å². The molecule has 1 N–H and O–H groups in total. The van der Waals surface area contributed by atoms with Crippen LogP contribution in [0.4, 0.5) is 5.82 Å². The van der Waals surface area contributed by atoms with Crippen molar-refractivity contribution in [1.29, 1.82) is 0 Å². The Morgan fingerprint density at radius 1 is 1.33 bits per heavy atom. The van der Waals surface area contributed by atoms with Crippen molar-refractivity contribution in [2.75, 3.05) is 5.06 Å². The lowest BCUT2D eigenvalue weighted by Crippen LogP contribution is -2.26. The number of nitrogens with zero attached hydrogens (tertiary/aromatic N) is 5. The number of hydrogen-bond acceptors (Lipinski definition) is 5. The molecule has 0 aliphatic carbocycles. The molecule has 0 radical (unpaired) electrons. The van der Waals surface area contributed by atoms with E-state index in [1.807, 2.05) is 0 Å². The molecule has 3 heterocycles. The van der Waals surface area contributed by atoms with E-state index in [1.54, 1.807) is 10.9 Å². The lowest BCUT2D eigenvalue weighted by atomic mass is 10.4. The number of imidazole rings is 1. The summed E-state index contributed by atoms with van der Waals surface area (Å²) in [6.45, 7) is 0.479.